The molecule has 0 saturated heterocycles. The van der Waals surface area contributed by atoms with Crippen LogP contribution in [0.25, 0.3) is 0 Å². The van der Waals surface area contributed by atoms with Crippen molar-refractivity contribution in [3.63, 3.8) is 0 Å². The van der Waals surface area contributed by atoms with Gasteiger partial charge in [-0.25, -0.2) is 0 Å². The number of pyridine rings is 1. The van der Waals surface area contributed by atoms with Gasteiger partial charge in [-0.2, -0.15) is 0 Å². The molecule has 0 aliphatic carbocycles. The molecule has 1 aromatic heterocycles. The van der Waals surface area contributed by atoms with E-state index in [1.54, 1.807) is 12.1 Å². The fourth-order valence-electron chi connectivity index (χ4n) is 1.40. The smallest absolute Gasteiger partial charge is 0.378 e. The highest BCUT2D eigenvalue weighted by Gasteiger charge is 2.13. The van der Waals surface area contributed by atoms with Gasteiger partial charge in [0.05, 0.1) is 0 Å². The Hall–Kier alpha value is -2.18. The van der Waals surface area contributed by atoms with Crippen LogP contribution in [0.3, 0.4) is 0 Å². The predicted octanol–water partition coefficient (Wildman–Crippen LogP) is 1.56. The lowest BCUT2D eigenvalue weighted by Crippen LogP contribution is -2.28. The minimum absolute atomic E-state index is 0.0762. The number of nitrogens with zero attached hydrogens (tertiary/aromatic N) is 2. The number of rotatable bonds is 7. The number of nitrogens with one attached hydrogen (secondary N) is 2. The van der Waals surface area contributed by atoms with Crippen molar-refractivity contribution < 1.29 is 9.72 Å². The van der Waals surface area contributed by atoms with Crippen LogP contribution >= 0.6 is 0 Å². The molecule has 0 radical (unpaired) electrons. The summed E-state index contributed by atoms with van der Waals surface area (Å²) in [6, 6.07) is 3.17. The van der Waals surface area contributed by atoms with E-state index >= 15 is 0 Å². The number of nitro groups is 1. The summed E-state index contributed by atoms with van der Waals surface area (Å²) < 4.78 is 0. The van der Waals surface area contributed by atoms with Gasteiger partial charge in [-0.3, -0.25) is 4.79 Å². The second-order valence-electron chi connectivity index (χ2n) is 4.51. The first-order valence-electron chi connectivity index (χ1n) is 6.10. The lowest BCUT2D eigenvalue weighted by atomic mass is 10.2. The molecule has 0 bridgehead atoms. The van der Waals surface area contributed by atoms with Gasteiger partial charge in [0.2, 0.25) is 5.91 Å². The minimum atomic E-state index is -0.554. The number of aromatic nitrogens is 1. The van der Waals surface area contributed by atoms with Crippen molar-refractivity contribution >= 4 is 17.4 Å². The van der Waals surface area contributed by atoms with Crippen LogP contribution in [0.1, 0.15) is 20.3 Å². The molecule has 7 nitrogen and oxygen atoms in total. The van der Waals surface area contributed by atoms with E-state index in [0.29, 0.717) is 24.7 Å². The van der Waals surface area contributed by atoms with E-state index < -0.39 is 4.92 Å². The average molecular weight is 266 g/mol. The monoisotopic (exact) mass is 266 g/mol. The van der Waals surface area contributed by atoms with Crippen LogP contribution in [0, 0.1) is 16.0 Å². The van der Waals surface area contributed by atoms with Gasteiger partial charge >= 0.3 is 5.82 Å². The Morgan fingerprint density at radius 3 is 2.89 bits per heavy atom. The Labute approximate surface area is 111 Å². The maximum atomic E-state index is 11.5. The number of amides is 1. The molecule has 7 heteroatoms. The highest BCUT2D eigenvalue weighted by Crippen LogP contribution is 2.19. The van der Waals surface area contributed by atoms with Gasteiger partial charge in [0, 0.05) is 19.5 Å². The first-order valence-corrected chi connectivity index (χ1v) is 6.10. The Bertz CT molecular complexity index is 448. The van der Waals surface area contributed by atoms with Gasteiger partial charge in [-0.05, 0) is 28.0 Å². The molecule has 1 rings (SSSR count). The maximum Gasteiger partial charge on any atom is 0.386 e. The van der Waals surface area contributed by atoms with Gasteiger partial charge in [-0.15, -0.1) is 0 Å². The van der Waals surface area contributed by atoms with E-state index in [1.165, 1.54) is 6.20 Å². The summed E-state index contributed by atoms with van der Waals surface area (Å²) in [4.78, 5) is 25.3. The van der Waals surface area contributed by atoms with Crippen molar-refractivity contribution in [2.24, 2.45) is 5.92 Å². The Balaban J connectivity index is 2.41. The number of carbonyl (C=O) groups is 1. The van der Waals surface area contributed by atoms with E-state index in [9.17, 15) is 14.9 Å². The molecular formula is C12H18N4O3. The van der Waals surface area contributed by atoms with Crippen LogP contribution in [0.15, 0.2) is 18.3 Å². The fourth-order valence-corrected chi connectivity index (χ4v) is 1.40. The van der Waals surface area contributed by atoms with Crippen molar-refractivity contribution in [2.75, 3.05) is 18.4 Å². The molecule has 19 heavy (non-hydrogen) atoms. The Morgan fingerprint density at radius 1 is 1.53 bits per heavy atom. The summed E-state index contributed by atoms with van der Waals surface area (Å²) in [7, 11) is 0. The van der Waals surface area contributed by atoms with E-state index in [-0.39, 0.29) is 18.1 Å². The first kappa shape index (κ1) is 14.9. The van der Waals surface area contributed by atoms with Crippen molar-refractivity contribution in [3.8, 4) is 0 Å². The van der Waals surface area contributed by atoms with Gasteiger partial charge in [0.1, 0.15) is 11.9 Å². The van der Waals surface area contributed by atoms with Crippen LogP contribution in [0.2, 0.25) is 0 Å². The number of anilines is 1. The molecule has 0 aromatic carbocycles. The molecule has 1 amide bonds. The lowest BCUT2D eigenvalue weighted by molar-refractivity contribution is -0.388. The number of hydrogen-bond acceptors (Lipinski definition) is 5. The predicted molar refractivity (Wildman–Crippen MR) is 71.8 cm³/mol. The SMILES string of the molecule is CC(C)CNC(=O)CCNc1cccnc1[N+](=O)[O-]. The van der Waals surface area contributed by atoms with E-state index in [2.05, 4.69) is 15.6 Å². The maximum absolute atomic E-state index is 11.5. The minimum Gasteiger partial charge on any atom is -0.378 e. The number of hydrogen-bond donors (Lipinski definition) is 2. The molecule has 0 atom stereocenters. The van der Waals surface area contributed by atoms with Crippen LogP contribution in [-0.4, -0.2) is 28.9 Å². The highest BCUT2D eigenvalue weighted by molar-refractivity contribution is 5.76. The summed E-state index contributed by atoms with van der Waals surface area (Å²) in [6.07, 6.45) is 1.62. The molecule has 0 aliphatic heterocycles. The van der Waals surface area contributed by atoms with Gasteiger partial charge in [0.15, 0.2) is 0 Å². The van der Waals surface area contributed by atoms with E-state index in [0.717, 1.165) is 0 Å². The largest absolute Gasteiger partial charge is 0.386 e. The summed E-state index contributed by atoms with van der Waals surface area (Å²) in [5.74, 6) is 0.0918. The third-order valence-corrected chi connectivity index (χ3v) is 2.33. The van der Waals surface area contributed by atoms with Crippen LogP contribution in [-0.2, 0) is 4.79 Å². The van der Waals surface area contributed by atoms with Crippen molar-refractivity contribution in [3.05, 3.63) is 28.4 Å². The standard InChI is InChI=1S/C12H18N4O3/c1-9(2)8-15-11(17)5-7-13-10-4-3-6-14-12(10)16(18)19/h3-4,6,9,13H,5,7-8H2,1-2H3,(H,15,17). The second-order valence-corrected chi connectivity index (χ2v) is 4.51. The molecule has 0 spiro atoms. The zero-order valence-corrected chi connectivity index (χ0v) is 11.0. The molecule has 2 N–H and O–H groups in total. The third kappa shape index (κ3) is 5.33. The lowest BCUT2D eigenvalue weighted by Gasteiger charge is -2.08. The third-order valence-electron chi connectivity index (χ3n) is 2.33. The normalized spacial score (nSPS) is 10.3. The molecule has 0 saturated carbocycles. The molecule has 0 aliphatic rings. The summed E-state index contributed by atoms with van der Waals surface area (Å²) in [5.41, 5.74) is 0.323. The van der Waals surface area contributed by atoms with Crippen molar-refractivity contribution in [1.29, 1.82) is 0 Å². The van der Waals surface area contributed by atoms with Crippen LogP contribution < -0.4 is 10.6 Å². The highest BCUT2D eigenvalue weighted by atomic mass is 16.6. The summed E-state index contributed by atoms with van der Waals surface area (Å²) >= 11 is 0. The number of carbonyl (C=O) groups excluding carboxylic acids is 1. The first-order chi connectivity index (χ1) is 9.00. The van der Waals surface area contributed by atoms with Gasteiger partial charge in [0.25, 0.3) is 0 Å². The molecule has 0 unspecified atom stereocenters. The van der Waals surface area contributed by atoms with Crippen molar-refractivity contribution in [2.45, 2.75) is 20.3 Å². The summed E-state index contributed by atoms with van der Waals surface area (Å²) in [6.45, 7) is 4.98. The second kappa shape index (κ2) is 7.30. The van der Waals surface area contributed by atoms with E-state index in [1.807, 2.05) is 13.8 Å². The average Bonchev–Trinajstić information content (AvgIpc) is 2.36. The molecule has 1 aromatic rings. The molecular weight excluding hydrogens is 248 g/mol. The zero-order valence-electron chi connectivity index (χ0n) is 11.0. The quantitative estimate of drug-likeness (QED) is 0.576. The van der Waals surface area contributed by atoms with Crippen LogP contribution in [0.5, 0.6) is 0 Å². The van der Waals surface area contributed by atoms with Gasteiger partial charge < -0.3 is 20.7 Å². The van der Waals surface area contributed by atoms with Crippen LogP contribution in [0.4, 0.5) is 11.5 Å². The van der Waals surface area contributed by atoms with Crippen molar-refractivity contribution in [1.82, 2.24) is 10.3 Å². The zero-order chi connectivity index (χ0) is 14.3. The fraction of sp³-hybridized carbons (Fsp3) is 0.500. The summed E-state index contributed by atoms with van der Waals surface area (Å²) in [5, 5.41) is 16.3. The van der Waals surface area contributed by atoms with E-state index in [4.69, 9.17) is 0 Å². The molecule has 1 heterocycles. The Kier molecular flexibility index (Phi) is 5.72. The Morgan fingerprint density at radius 2 is 2.26 bits per heavy atom. The molecule has 0 fully saturated rings. The molecule has 104 valence electrons. The van der Waals surface area contributed by atoms with Gasteiger partial charge in [-0.1, -0.05) is 13.8 Å². The topological polar surface area (TPSA) is 97.2 Å².